The van der Waals surface area contributed by atoms with Crippen molar-refractivity contribution in [2.45, 2.75) is 25.7 Å². The Labute approximate surface area is 115 Å². The zero-order valence-electron chi connectivity index (χ0n) is 10.1. The van der Waals surface area contributed by atoms with Crippen molar-refractivity contribution in [1.82, 2.24) is 0 Å². The van der Waals surface area contributed by atoms with E-state index >= 15 is 0 Å². The monoisotopic (exact) mass is 280 g/mol. The van der Waals surface area contributed by atoms with Crippen LogP contribution in [-0.4, -0.2) is 17.0 Å². The van der Waals surface area contributed by atoms with Gasteiger partial charge in [0.1, 0.15) is 6.07 Å². The highest BCUT2D eigenvalue weighted by atomic mass is 35.5. The van der Waals surface area contributed by atoms with Crippen LogP contribution in [0, 0.1) is 11.3 Å². The van der Waals surface area contributed by atoms with Crippen LogP contribution < -0.4 is 5.32 Å². The van der Waals surface area contributed by atoms with Crippen LogP contribution in [0.4, 0.5) is 5.69 Å². The summed E-state index contributed by atoms with van der Waals surface area (Å²) in [5.74, 6) is -1.06. The van der Waals surface area contributed by atoms with Crippen LogP contribution in [0.15, 0.2) is 18.2 Å². The van der Waals surface area contributed by atoms with Crippen LogP contribution in [0.3, 0.4) is 0 Å². The standard InChI is InChI=1S/C13H13ClN2O3/c14-11-7-10(6-5-9(11)8-15)16-12(17)3-1-2-4-13(18)19/h5-7H,1-4H2,(H,16,17)(H,18,19). The van der Waals surface area contributed by atoms with Crippen LogP contribution in [0.25, 0.3) is 0 Å². The average molecular weight is 281 g/mol. The van der Waals surface area contributed by atoms with Crippen molar-refractivity contribution >= 4 is 29.2 Å². The molecule has 0 aliphatic rings. The third-order valence-electron chi connectivity index (χ3n) is 2.42. The smallest absolute Gasteiger partial charge is 0.303 e. The highest BCUT2D eigenvalue weighted by Crippen LogP contribution is 2.20. The molecule has 5 nitrogen and oxygen atoms in total. The van der Waals surface area contributed by atoms with Gasteiger partial charge in [-0.25, -0.2) is 0 Å². The first-order chi connectivity index (χ1) is 9.02. The van der Waals surface area contributed by atoms with Crippen molar-refractivity contribution in [2.24, 2.45) is 0 Å². The van der Waals surface area contributed by atoms with Gasteiger partial charge in [0, 0.05) is 18.5 Å². The molecule has 1 aromatic carbocycles. The van der Waals surface area contributed by atoms with Crippen LogP contribution >= 0.6 is 11.6 Å². The minimum Gasteiger partial charge on any atom is -0.481 e. The molecule has 0 aliphatic heterocycles. The Morgan fingerprint density at radius 2 is 2.00 bits per heavy atom. The van der Waals surface area contributed by atoms with Gasteiger partial charge in [-0.15, -0.1) is 0 Å². The summed E-state index contributed by atoms with van der Waals surface area (Å²) >= 11 is 5.84. The molecule has 0 saturated heterocycles. The number of benzene rings is 1. The summed E-state index contributed by atoms with van der Waals surface area (Å²) in [5.41, 5.74) is 0.869. The Bertz CT molecular complexity index is 523. The van der Waals surface area contributed by atoms with Gasteiger partial charge >= 0.3 is 5.97 Å². The van der Waals surface area contributed by atoms with E-state index in [9.17, 15) is 9.59 Å². The molecule has 2 N–H and O–H groups in total. The number of amides is 1. The molecule has 100 valence electrons. The van der Waals surface area contributed by atoms with Crippen molar-refractivity contribution in [2.75, 3.05) is 5.32 Å². The molecule has 0 heterocycles. The highest BCUT2D eigenvalue weighted by Gasteiger charge is 2.06. The molecule has 1 aromatic rings. The molecule has 0 radical (unpaired) electrons. The third-order valence-corrected chi connectivity index (χ3v) is 2.73. The second kappa shape index (κ2) is 7.39. The zero-order valence-corrected chi connectivity index (χ0v) is 10.9. The fourth-order valence-electron chi connectivity index (χ4n) is 1.47. The molecule has 0 spiro atoms. The Kier molecular flexibility index (Phi) is 5.83. The van der Waals surface area contributed by atoms with E-state index in [0.29, 0.717) is 24.1 Å². The van der Waals surface area contributed by atoms with Crippen molar-refractivity contribution < 1.29 is 14.7 Å². The lowest BCUT2D eigenvalue weighted by molar-refractivity contribution is -0.137. The van der Waals surface area contributed by atoms with E-state index in [1.165, 1.54) is 12.1 Å². The molecule has 0 saturated carbocycles. The van der Waals surface area contributed by atoms with Crippen molar-refractivity contribution in [3.8, 4) is 6.07 Å². The number of rotatable bonds is 6. The lowest BCUT2D eigenvalue weighted by Gasteiger charge is -2.05. The van der Waals surface area contributed by atoms with E-state index in [-0.39, 0.29) is 23.8 Å². The second-order valence-corrected chi connectivity index (χ2v) is 4.36. The molecule has 0 fully saturated rings. The zero-order chi connectivity index (χ0) is 14.3. The highest BCUT2D eigenvalue weighted by molar-refractivity contribution is 6.32. The van der Waals surface area contributed by atoms with Crippen LogP contribution in [0.2, 0.25) is 5.02 Å². The number of carboxylic acids is 1. The number of hydrogen-bond donors (Lipinski definition) is 2. The Morgan fingerprint density at radius 1 is 1.32 bits per heavy atom. The van der Waals surface area contributed by atoms with Gasteiger partial charge in [0.2, 0.25) is 5.91 Å². The van der Waals surface area contributed by atoms with Crippen LogP contribution in [0.5, 0.6) is 0 Å². The summed E-state index contributed by atoms with van der Waals surface area (Å²) in [4.78, 5) is 21.8. The first-order valence-electron chi connectivity index (χ1n) is 5.74. The van der Waals surface area contributed by atoms with E-state index in [2.05, 4.69) is 5.32 Å². The van der Waals surface area contributed by atoms with Gasteiger partial charge in [0.05, 0.1) is 10.6 Å². The van der Waals surface area contributed by atoms with E-state index in [0.717, 1.165) is 0 Å². The Balaban J connectivity index is 2.42. The number of carbonyl (C=O) groups excluding carboxylic acids is 1. The molecule has 0 aromatic heterocycles. The quantitative estimate of drug-likeness (QED) is 0.784. The third kappa shape index (κ3) is 5.40. The number of nitrogens with one attached hydrogen (secondary N) is 1. The molecule has 0 bridgehead atoms. The normalized spacial score (nSPS) is 9.68. The lowest BCUT2D eigenvalue weighted by Crippen LogP contribution is -2.11. The summed E-state index contributed by atoms with van der Waals surface area (Å²) < 4.78 is 0. The molecule has 19 heavy (non-hydrogen) atoms. The first-order valence-corrected chi connectivity index (χ1v) is 6.12. The predicted octanol–water partition coefficient (Wildman–Crippen LogP) is 2.80. The van der Waals surface area contributed by atoms with Gasteiger partial charge in [-0.1, -0.05) is 11.6 Å². The van der Waals surface area contributed by atoms with Gasteiger partial charge in [-0.3, -0.25) is 9.59 Å². The maximum absolute atomic E-state index is 11.6. The number of carbonyl (C=O) groups is 2. The molecular weight excluding hydrogens is 268 g/mol. The van der Waals surface area contributed by atoms with Gasteiger partial charge in [-0.05, 0) is 31.0 Å². The van der Waals surface area contributed by atoms with Gasteiger partial charge in [0.15, 0.2) is 0 Å². The fourth-order valence-corrected chi connectivity index (χ4v) is 1.69. The summed E-state index contributed by atoms with van der Waals surface area (Å²) in [6.45, 7) is 0. The van der Waals surface area contributed by atoms with Gasteiger partial charge in [-0.2, -0.15) is 5.26 Å². The molecular formula is C13H13ClN2O3. The minimum atomic E-state index is -0.862. The summed E-state index contributed by atoms with van der Waals surface area (Å²) in [7, 11) is 0. The fraction of sp³-hybridized carbons (Fsp3) is 0.308. The summed E-state index contributed by atoms with van der Waals surface area (Å²) in [6, 6.07) is 6.56. The van der Waals surface area contributed by atoms with E-state index in [1.54, 1.807) is 6.07 Å². The van der Waals surface area contributed by atoms with Crippen molar-refractivity contribution in [3.63, 3.8) is 0 Å². The molecule has 0 atom stereocenters. The van der Waals surface area contributed by atoms with Crippen LogP contribution in [-0.2, 0) is 9.59 Å². The first kappa shape index (κ1) is 15.0. The molecule has 0 unspecified atom stereocenters. The predicted molar refractivity (Wildman–Crippen MR) is 70.9 cm³/mol. The second-order valence-electron chi connectivity index (χ2n) is 3.96. The Morgan fingerprint density at radius 3 is 2.58 bits per heavy atom. The number of aliphatic carboxylic acids is 1. The number of nitriles is 1. The number of nitrogens with zero attached hydrogens (tertiary/aromatic N) is 1. The largest absolute Gasteiger partial charge is 0.481 e. The maximum atomic E-state index is 11.6. The van der Waals surface area contributed by atoms with E-state index in [4.69, 9.17) is 22.0 Å². The van der Waals surface area contributed by atoms with Gasteiger partial charge in [0.25, 0.3) is 0 Å². The molecule has 6 heteroatoms. The minimum absolute atomic E-state index is 0.0655. The Hall–Kier alpha value is -2.06. The summed E-state index contributed by atoms with van der Waals surface area (Å²) in [5, 5.41) is 20.1. The SMILES string of the molecule is N#Cc1ccc(NC(=O)CCCCC(=O)O)cc1Cl. The molecule has 1 rings (SSSR count). The number of carboxylic acid groups (broad SMARTS) is 1. The molecule has 1 amide bonds. The number of unbranched alkanes of at least 4 members (excludes halogenated alkanes) is 1. The van der Waals surface area contributed by atoms with Crippen molar-refractivity contribution in [3.05, 3.63) is 28.8 Å². The van der Waals surface area contributed by atoms with E-state index in [1.807, 2.05) is 6.07 Å². The van der Waals surface area contributed by atoms with Gasteiger partial charge < -0.3 is 10.4 Å². The van der Waals surface area contributed by atoms with Crippen molar-refractivity contribution in [1.29, 1.82) is 5.26 Å². The number of halogens is 1. The summed E-state index contributed by atoms with van der Waals surface area (Å²) in [6.07, 6.45) is 1.31. The topological polar surface area (TPSA) is 90.2 Å². The lowest BCUT2D eigenvalue weighted by atomic mass is 10.2. The number of hydrogen-bond acceptors (Lipinski definition) is 3. The average Bonchev–Trinajstić information content (AvgIpc) is 2.35. The number of anilines is 1. The maximum Gasteiger partial charge on any atom is 0.303 e. The van der Waals surface area contributed by atoms with E-state index < -0.39 is 5.97 Å². The molecule has 0 aliphatic carbocycles. The van der Waals surface area contributed by atoms with Crippen LogP contribution in [0.1, 0.15) is 31.2 Å².